The fourth-order valence-corrected chi connectivity index (χ4v) is 2.26. The molecule has 0 radical (unpaired) electrons. The Balaban J connectivity index is 1.84. The quantitative estimate of drug-likeness (QED) is 0.753. The van der Waals surface area contributed by atoms with Crippen molar-refractivity contribution in [2.75, 3.05) is 6.61 Å². The number of nitrogens with two attached hydrogens (primary N) is 1. The third-order valence-corrected chi connectivity index (χ3v) is 3.26. The number of carbonyl (C=O) groups is 1. The Morgan fingerprint density at radius 2 is 2.13 bits per heavy atom. The summed E-state index contributed by atoms with van der Waals surface area (Å²) in [7, 11) is 0. The number of pyridine rings is 1. The van der Waals surface area contributed by atoms with Crippen molar-refractivity contribution in [1.82, 2.24) is 14.5 Å². The lowest BCUT2D eigenvalue weighted by molar-refractivity contribution is -0.119. The van der Waals surface area contributed by atoms with Gasteiger partial charge in [-0.2, -0.15) is 0 Å². The highest BCUT2D eigenvalue weighted by atomic mass is 16.5. The van der Waals surface area contributed by atoms with Gasteiger partial charge in [0.25, 0.3) is 5.91 Å². The number of rotatable bonds is 6. The van der Waals surface area contributed by atoms with Crippen molar-refractivity contribution in [3.05, 3.63) is 66.7 Å². The van der Waals surface area contributed by atoms with Crippen LogP contribution in [0.4, 0.5) is 0 Å². The van der Waals surface area contributed by atoms with Gasteiger partial charge in [0.2, 0.25) is 0 Å². The van der Waals surface area contributed by atoms with E-state index in [9.17, 15) is 4.79 Å². The Hall–Kier alpha value is -3.15. The third-order valence-electron chi connectivity index (χ3n) is 3.26. The van der Waals surface area contributed by atoms with Crippen LogP contribution in [0.15, 0.2) is 61.2 Å². The minimum absolute atomic E-state index is 0.145. The van der Waals surface area contributed by atoms with Crippen molar-refractivity contribution in [2.24, 2.45) is 5.73 Å². The van der Waals surface area contributed by atoms with Gasteiger partial charge in [-0.3, -0.25) is 9.78 Å². The molecule has 1 amide bonds. The van der Waals surface area contributed by atoms with Crippen LogP contribution in [-0.2, 0) is 11.3 Å². The maximum absolute atomic E-state index is 10.8. The monoisotopic (exact) mass is 308 g/mol. The maximum atomic E-state index is 10.8. The van der Waals surface area contributed by atoms with Crippen LogP contribution in [0.1, 0.15) is 5.56 Å². The van der Waals surface area contributed by atoms with E-state index in [1.807, 2.05) is 47.3 Å². The second-order valence-electron chi connectivity index (χ2n) is 5.02. The van der Waals surface area contributed by atoms with E-state index in [4.69, 9.17) is 10.5 Å². The lowest BCUT2D eigenvalue weighted by Crippen LogP contribution is -2.20. The van der Waals surface area contributed by atoms with Crippen molar-refractivity contribution in [3.63, 3.8) is 0 Å². The van der Waals surface area contributed by atoms with E-state index >= 15 is 0 Å². The molecular formula is C17H16N4O2. The minimum Gasteiger partial charge on any atom is -0.484 e. The van der Waals surface area contributed by atoms with E-state index in [0.717, 1.165) is 17.0 Å². The van der Waals surface area contributed by atoms with Gasteiger partial charge < -0.3 is 15.0 Å². The Bertz CT molecular complexity index is 799. The smallest absolute Gasteiger partial charge is 0.255 e. The highest BCUT2D eigenvalue weighted by Gasteiger charge is 2.08. The first-order valence-corrected chi connectivity index (χ1v) is 7.14. The van der Waals surface area contributed by atoms with Crippen LogP contribution in [0.2, 0.25) is 0 Å². The van der Waals surface area contributed by atoms with Crippen LogP contribution in [-0.4, -0.2) is 27.0 Å². The molecule has 3 rings (SSSR count). The zero-order valence-electron chi connectivity index (χ0n) is 12.4. The number of imidazole rings is 1. The van der Waals surface area contributed by atoms with E-state index in [-0.39, 0.29) is 6.61 Å². The summed E-state index contributed by atoms with van der Waals surface area (Å²) in [5, 5.41) is 0. The molecule has 3 aromatic rings. The number of amides is 1. The molecule has 0 fully saturated rings. The van der Waals surface area contributed by atoms with Gasteiger partial charge in [0.15, 0.2) is 6.61 Å². The molecule has 0 atom stereocenters. The van der Waals surface area contributed by atoms with Gasteiger partial charge in [-0.15, -0.1) is 0 Å². The van der Waals surface area contributed by atoms with Crippen molar-refractivity contribution >= 4 is 5.91 Å². The van der Waals surface area contributed by atoms with Crippen LogP contribution in [0.25, 0.3) is 11.4 Å². The van der Waals surface area contributed by atoms with Gasteiger partial charge >= 0.3 is 0 Å². The summed E-state index contributed by atoms with van der Waals surface area (Å²) < 4.78 is 7.37. The van der Waals surface area contributed by atoms with Crippen LogP contribution < -0.4 is 10.5 Å². The zero-order valence-corrected chi connectivity index (χ0v) is 12.4. The molecule has 0 unspecified atom stereocenters. The summed E-state index contributed by atoms with van der Waals surface area (Å²) in [6, 6.07) is 11.3. The number of aromatic nitrogens is 3. The SMILES string of the molecule is NC(=O)COc1cccc(-c2nccn2Cc2cccnc2)c1. The lowest BCUT2D eigenvalue weighted by atomic mass is 10.2. The standard InChI is InChI=1S/C17H16N4O2/c18-16(22)12-23-15-5-1-4-14(9-15)17-20-7-8-21(17)11-13-3-2-6-19-10-13/h1-10H,11-12H2,(H2,18,22). The minimum atomic E-state index is -0.506. The number of primary amides is 1. The Labute approximate surface area is 133 Å². The van der Waals surface area contributed by atoms with E-state index in [2.05, 4.69) is 9.97 Å². The maximum Gasteiger partial charge on any atom is 0.255 e. The third kappa shape index (κ3) is 3.74. The van der Waals surface area contributed by atoms with Crippen molar-refractivity contribution in [3.8, 4) is 17.1 Å². The average Bonchev–Trinajstić information content (AvgIpc) is 3.02. The van der Waals surface area contributed by atoms with Crippen molar-refractivity contribution < 1.29 is 9.53 Å². The topological polar surface area (TPSA) is 83.0 Å². The first kappa shape index (κ1) is 14.8. The van der Waals surface area contributed by atoms with Gasteiger partial charge in [-0.05, 0) is 23.8 Å². The molecule has 2 aromatic heterocycles. The van der Waals surface area contributed by atoms with Crippen LogP contribution in [0.3, 0.4) is 0 Å². The summed E-state index contributed by atoms with van der Waals surface area (Å²) in [5.74, 6) is 0.893. The van der Waals surface area contributed by atoms with E-state index in [1.165, 1.54) is 0 Å². The highest BCUT2D eigenvalue weighted by molar-refractivity contribution is 5.75. The lowest BCUT2D eigenvalue weighted by Gasteiger charge is -2.09. The molecule has 0 spiro atoms. The fraction of sp³-hybridized carbons (Fsp3) is 0.118. The largest absolute Gasteiger partial charge is 0.484 e. The van der Waals surface area contributed by atoms with Crippen LogP contribution in [0.5, 0.6) is 5.75 Å². The molecule has 0 aliphatic carbocycles. The number of nitrogens with zero attached hydrogens (tertiary/aromatic N) is 3. The number of ether oxygens (including phenoxy) is 1. The molecule has 0 saturated heterocycles. The molecule has 0 aliphatic rings. The Morgan fingerprint density at radius 3 is 2.91 bits per heavy atom. The molecular weight excluding hydrogens is 292 g/mol. The molecule has 0 aliphatic heterocycles. The van der Waals surface area contributed by atoms with Gasteiger partial charge in [0.1, 0.15) is 11.6 Å². The summed E-state index contributed by atoms with van der Waals surface area (Å²) >= 11 is 0. The van der Waals surface area contributed by atoms with Gasteiger partial charge in [-0.1, -0.05) is 18.2 Å². The second-order valence-corrected chi connectivity index (χ2v) is 5.02. The number of hydrogen-bond donors (Lipinski definition) is 1. The summed E-state index contributed by atoms with van der Waals surface area (Å²) in [6.07, 6.45) is 7.25. The predicted molar refractivity (Wildman–Crippen MR) is 85.7 cm³/mol. The normalized spacial score (nSPS) is 10.4. The van der Waals surface area contributed by atoms with Crippen molar-refractivity contribution in [2.45, 2.75) is 6.54 Å². The number of benzene rings is 1. The molecule has 6 nitrogen and oxygen atoms in total. The molecule has 2 N–H and O–H groups in total. The summed E-state index contributed by atoms with van der Waals surface area (Å²) in [4.78, 5) is 19.4. The molecule has 0 bridgehead atoms. The first-order chi connectivity index (χ1) is 11.2. The number of hydrogen-bond acceptors (Lipinski definition) is 4. The highest BCUT2D eigenvalue weighted by Crippen LogP contribution is 2.23. The zero-order chi connectivity index (χ0) is 16.1. The first-order valence-electron chi connectivity index (χ1n) is 7.14. The molecule has 1 aromatic carbocycles. The van der Waals surface area contributed by atoms with Crippen LogP contribution in [0, 0.1) is 0 Å². The fourth-order valence-electron chi connectivity index (χ4n) is 2.26. The van der Waals surface area contributed by atoms with E-state index in [1.54, 1.807) is 18.5 Å². The summed E-state index contributed by atoms with van der Waals surface area (Å²) in [6.45, 7) is 0.531. The Morgan fingerprint density at radius 1 is 1.22 bits per heavy atom. The summed E-state index contributed by atoms with van der Waals surface area (Å²) in [5.41, 5.74) is 7.09. The van der Waals surface area contributed by atoms with E-state index in [0.29, 0.717) is 12.3 Å². The van der Waals surface area contributed by atoms with Gasteiger partial charge in [0.05, 0.1) is 6.54 Å². The number of carbonyl (C=O) groups excluding carboxylic acids is 1. The molecule has 6 heteroatoms. The predicted octanol–water partition coefficient (Wildman–Crippen LogP) is 1.86. The Kier molecular flexibility index (Phi) is 4.33. The van der Waals surface area contributed by atoms with Gasteiger partial charge in [-0.25, -0.2) is 4.98 Å². The van der Waals surface area contributed by atoms with Crippen molar-refractivity contribution in [1.29, 1.82) is 0 Å². The molecule has 116 valence electrons. The molecule has 2 heterocycles. The van der Waals surface area contributed by atoms with Crippen LogP contribution >= 0.6 is 0 Å². The molecule has 0 saturated carbocycles. The average molecular weight is 308 g/mol. The van der Waals surface area contributed by atoms with Gasteiger partial charge in [0, 0.05) is 30.4 Å². The second kappa shape index (κ2) is 6.74. The van der Waals surface area contributed by atoms with E-state index < -0.39 is 5.91 Å². The molecule has 23 heavy (non-hydrogen) atoms.